The van der Waals surface area contributed by atoms with Crippen molar-refractivity contribution in [2.24, 2.45) is 11.3 Å². The summed E-state index contributed by atoms with van der Waals surface area (Å²) in [5, 5.41) is 5.81. The lowest BCUT2D eigenvalue weighted by Gasteiger charge is -2.37. The molecule has 4 nitrogen and oxygen atoms in total. The predicted molar refractivity (Wildman–Crippen MR) is 147 cm³/mol. The normalized spacial score (nSPS) is 14.3. The summed E-state index contributed by atoms with van der Waals surface area (Å²) >= 11 is 0. The molecule has 0 spiro atoms. The molecule has 1 fully saturated rings. The van der Waals surface area contributed by atoms with Crippen LogP contribution in [0.3, 0.4) is 0 Å². The van der Waals surface area contributed by atoms with Crippen molar-refractivity contribution < 1.29 is 4.79 Å². The average molecular weight is 466 g/mol. The third kappa shape index (κ3) is 10.7. The summed E-state index contributed by atoms with van der Waals surface area (Å²) in [6, 6.07) is 21.6. The van der Waals surface area contributed by atoms with Crippen molar-refractivity contribution in [3.63, 3.8) is 0 Å². The molecular weight excluding hydrogens is 418 g/mol. The van der Waals surface area contributed by atoms with Gasteiger partial charge >= 0.3 is 0 Å². The third-order valence-electron chi connectivity index (χ3n) is 6.37. The van der Waals surface area contributed by atoms with Crippen molar-refractivity contribution in [1.29, 1.82) is 0 Å². The van der Waals surface area contributed by atoms with Gasteiger partial charge in [-0.1, -0.05) is 94.4 Å². The van der Waals surface area contributed by atoms with Crippen LogP contribution in [0.25, 0.3) is 0 Å². The van der Waals surface area contributed by atoms with Crippen molar-refractivity contribution in [3.05, 3.63) is 84.1 Å². The Bertz CT molecular complexity index is 757. The van der Waals surface area contributed by atoms with Gasteiger partial charge in [0.2, 0.25) is 0 Å². The maximum Gasteiger partial charge on any atom is 0.123 e. The van der Waals surface area contributed by atoms with E-state index in [1.807, 2.05) is 21.1 Å². The van der Waals surface area contributed by atoms with Gasteiger partial charge in [-0.3, -0.25) is 4.90 Å². The number of nitrogens with one attached hydrogen (secondary N) is 2. The fourth-order valence-electron chi connectivity index (χ4n) is 3.99. The van der Waals surface area contributed by atoms with E-state index in [1.54, 1.807) is 0 Å². The molecule has 1 heterocycles. The Hall–Kier alpha value is -2.43. The van der Waals surface area contributed by atoms with Gasteiger partial charge in [0.15, 0.2) is 0 Å². The summed E-state index contributed by atoms with van der Waals surface area (Å²) in [5.41, 5.74) is 4.19. The summed E-state index contributed by atoms with van der Waals surface area (Å²) < 4.78 is 0. The molecule has 34 heavy (non-hydrogen) atoms. The first kappa shape index (κ1) is 29.6. The van der Waals surface area contributed by atoms with Crippen LogP contribution in [0, 0.1) is 11.3 Å². The van der Waals surface area contributed by atoms with E-state index in [4.69, 9.17) is 0 Å². The van der Waals surface area contributed by atoms with Crippen LogP contribution in [0.1, 0.15) is 63.6 Å². The molecule has 0 radical (unpaired) electrons. The Balaban J connectivity index is 0.000000375. The highest BCUT2D eigenvalue weighted by molar-refractivity contribution is 5.53. The Kier molecular flexibility index (Phi) is 14.1. The highest BCUT2D eigenvalue weighted by Crippen LogP contribution is 2.31. The van der Waals surface area contributed by atoms with E-state index in [-0.39, 0.29) is 5.92 Å². The van der Waals surface area contributed by atoms with Crippen molar-refractivity contribution >= 4 is 6.29 Å². The van der Waals surface area contributed by atoms with Gasteiger partial charge < -0.3 is 15.4 Å². The molecule has 1 aliphatic rings. The number of nitrogens with zero attached hydrogens (tertiary/aromatic N) is 1. The third-order valence-corrected chi connectivity index (χ3v) is 6.37. The maximum absolute atomic E-state index is 11.0. The number of benzene rings is 2. The molecule has 2 aromatic carbocycles. The van der Waals surface area contributed by atoms with Gasteiger partial charge in [0.1, 0.15) is 6.29 Å². The number of carbonyl (C=O) groups excluding carboxylic acids is 1. The summed E-state index contributed by atoms with van der Waals surface area (Å²) in [6.45, 7) is 12.6. The first-order valence-electron chi connectivity index (χ1n) is 12.5. The minimum Gasteiger partial charge on any atom is -0.392 e. The topological polar surface area (TPSA) is 44.4 Å². The highest BCUT2D eigenvalue weighted by Gasteiger charge is 2.26. The number of piperidine rings is 1. The predicted octanol–water partition coefficient (Wildman–Crippen LogP) is 6.07. The SMILES string of the molecule is C=C(CC(C)(C)CC)NC.CNC.O=CC1CCN(C(c2ccccc2)c2ccccc2)CC1. The molecule has 2 aromatic rings. The van der Waals surface area contributed by atoms with Crippen LogP contribution < -0.4 is 10.6 Å². The molecule has 2 N–H and O–H groups in total. The second kappa shape index (κ2) is 16.2. The van der Waals surface area contributed by atoms with E-state index in [1.165, 1.54) is 17.5 Å². The lowest BCUT2D eigenvalue weighted by molar-refractivity contribution is -0.112. The average Bonchev–Trinajstić information content (AvgIpc) is 2.86. The molecule has 1 saturated heterocycles. The van der Waals surface area contributed by atoms with E-state index in [9.17, 15) is 4.79 Å². The van der Waals surface area contributed by atoms with Crippen LogP contribution in [0.2, 0.25) is 0 Å². The van der Waals surface area contributed by atoms with Crippen molar-refractivity contribution in [2.75, 3.05) is 34.2 Å². The molecule has 0 aliphatic carbocycles. The fraction of sp³-hybridized carbons (Fsp3) is 0.500. The Morgan fingerprint density at radius 3 is 1.79 bits per heavy atom. The van der Waals surface area contributed by atoms with Gasteiger partial charge in [0, 0.05) is 18.7 Å². The second-order valence-corrected chi connectivity index (χ2v) is 9.78. The van der Waals surface area contributed by atoms with E-state index in [0.717, 1.165) is 44.3 Å². The molecule has 4 heteroatoms. The lowest BCUT2D eigenvalue weighted by Crippen LogP contribution is -2.37. The maximum atomic E-state index is 11.0. The molecule has 0 atom stereocenters. The smallest absolute Gasteiger partial charge is 0.123 e. The number of hydrogen-bond donors (Lipinski definition) is 2. The molecule has 3 rings (SSSR count). The lowest BCUT2D eigenvalue weighted by atomic mass is 9.85. The number of rotatable bonds is 8. The van der Waals surface area contributed by atoms with Crippen molar-refractivity contribution in [1.82, 2.24) is 15.5 Å². The zero-order valence-corrected chi connectivity index (χ0v) is 22.3. The highest BCUT2D eigenvalue weighted by atomic mass is 16.1. The first-order chi connectivity index (χ1) is 16.3. The van der Waals surface area contributed by atoms with Gasteiger partial charge in [0.25, 0.3) is 0 Å². The molecule has 0 unspecified atom stereocenters. The fourth-order valence-corrected chi connectivity index (χ4v) is 3.99. The number of hydrogen-bond acceptors (Lipinski definition) is 4. The van der Waals surface area contributed by atoms with E-state index in [2.05, 4.69) is 104 Å². The van der Waals surface area contributed by atoms with Crippen molar-refractivity contribution in [2.45, 2.75) is 52.5 Å². The van der Waals surface area contributed by atoms with Crippen LogP contribution in [0.4, 0.5) is 0 Å². The number of allylic oxidation sites excluding steroid dienone is 1. The molecule has 1 aliphatic heterocycles. The molecule has 0 bridgehead atoms. The van der Waals surface area contributed by atoms with Crippen LogP contribution >= 0.6 is 0 Å². The van der Waals surface area contributed by atoms with E-state index >= 15 is 0 Å². The van der Waals surface area contributed by atoms with Crippen molar-refractivity contribution in [3.8, 4) is 0 Å². The summed E-state index contributed by atoms with van der Waals surface area (Å²) in [7, 11) is 5.67. The van der Waals surface area contributed by atoms with Gasteiger partial charge in [-0.15, -0.1) is 0 Å². The zero-order chi connectivity index (χ0) is 25.4. The number of likely N-dealkylation sites (tertiary alicyclic amines) is 1. The quantitative estimate of drug-likeness (QED) is 0.465. The molecule has 0 saturated carbocycles. The standard InChI is InChI=1S/C19H21NO.C9H19N.C2H7N/c21-15-16-11-13-20(14-12-16)19(17-7-3-1-4-8-17)18-9-5-2-6-10-18;1-6-9(3,4)7-8(2)10-5;1-3-2/h1-10,15-16,19H,11-14H2;10H,2,6-7H2,1,3-5H3;3H,1-2H3. The van der Waals surface area contributed by atoms with Gasteiger partial charge in [-0.25, -0.2) is 0 Å². The Morgan fingerprint density at radius 1 is 1.00 bits per heavy atom. The summed E-state index contributed by atoms with van der Waals surface area (Å²) in [6.07, 6.45) is 5.34. The van der Waals surface area contributed by atoms with Crippen LogP contribution in [0.5, 0.6) is 0 Å². The molecule has 0 aromatic heterocycles. The van der Waals surface area contributed by atoms with Crippen LogP contribution in [-0.2, 0) is 4.79 Å². The minimum atomic E-state index is 0.244. The molecular formula is C30H47N3O. The van der Waals surface area contributed by atoms with E-state index in [0.29, 0.717) is 11.5 Å². The van der Waals surface area contributed by atoms with Crippen LogP contribution in [0.15, 0.2) is 72.9 Å². The van der Waals surface area contributed by atoms with Gasteiger partial charge in [0.05, 0.1) is 6.04 Å². The Labute approximate surface area is 208 Å². The first-order valence-corrected chi connectivity index (χ1v) is 12.5. The molecule has 188 valence electrons. The summed E-state index contributed by atoms with van der Waals surface area (Å²) in [5.74, 6) is 0.244. The largest absolute Gasteiger partial charge is 0.392 e. The van der Waals surface area contributed by atoms with Gasteiger partial charge in [-0.2, -0.15) is 0 Å². The van der Waals surface area contributed by atoms with E-state index < -0.39 is 0 Å². The van der Waals surface area contributed by atoms with Gasteiger partial charge in [-0.05, 0) is 63.0 Å². The van der Waals surface area contributed by atoms with Crippen LogP contribution in [-0.4, -0.2) is 45.4 Å². The number of carbonyl (C=O) groups is 1. The minimum absolute atomic E-state index is 0.244. The molecule has 0 amide bonds. The summed E-state index contributed by atoms with van der Waals surface area (Å²) in [4.78, 5) is 13.5. The monoisotopic (exact) mass is 465 g/mol. The number of aldehydes is 1. The second-order valence-electron chi connectivity index (χ2n) is 9.78. The zero-order valence-electron chi connectivity index (χ0n) is 22.3. The Morgan fingerprint density at radius 2 is 1.44 bits per heavy atom.